The van der Waals surface area contributed by atoms with Crippen LogP contribution in [0.2, 0.25) is 0 Å². The Morgan fingerprint density at radius 2 is 1.61 bits per heavy atom. The number of hydrogen-bond acceptors (Lipinski definition) is 6. The van der Waals surface area contributed by atoms with Crippen LogP contribution < -0.4 is 14.5 Å². The third kappa shape index (κ3) is 4.22. The fourth-order valence-corrected chi connectivity index (χ4v) is 4.68. The normalized spacial score (nSPS) is 14.1. The van der Waals surface area contributed by atoms with E-state index in [2.05, 4.69) is 34.1 Å². The Hall–Kier alpha value is -3.45. The van der Waals surface area contributed by atoms with E-state index in [9.17, 15) is 9.18 Å². The van der Waals surface area contributed by atoms with Crippen molar-refractivity contribution >= 4 is 38.3 Å². The molecule has 2 heterocycles. The Bertz CT molecular complexity index is 1200. The van der Waals surface area contributed by atoms with E-state index in [0.29, 0.717) is 11.3 Å². The summed E-state index contributed by atoms with van der Waals surface area (Å²) < 4.78 is 19.5. The highest BCUT2D eigenvalue weighted by Crippen LogP contribution is 2.32. The fraction of sp³-hybridized carbons (Fsp3) is 0.167. The maximum atomic E-state index is 13.1. The second kappa shape index (κ2) is 8.35. The van der Waals surface area contributed by atoms with Crippen molar-refractivity contribution in [1.29, 1.82) is 0 Å². The lowest BCUT2D eigenvalue weighted by Gasteiger charge is -2.35. The molecular formula is C24H20FN3O2S. The van der Waals surface area contributed by atoms with Crippen molar-refractivity contribution in [2.45, 2.75) is 0 Å². The molecule has 3 aromatic carbocycles. The molecule has 0 aliphatic carbocycles. The van der Waals surface area contributed by atoms with Crippen molar-refractivity contribution in [2.75, 3.05) is 36.0 Å². The third-order valence-electron chi connectivity index (χ3n) is 5.31. The number of esters is 1. The molecule has 0 spiro atoms. The van der Waals surface area contributed by atoms with Crippen LogP contribution in [0.25, 0.3) is 10.2 Å². The molecule has 0 amide bonds. The molecule has 7 heteroatoms. The Kier molecular flexibility index (Phi) is 5.26. The maximum Gasteiger partial charge on any atom is 0.343 e. The molecule has 1 aliphatic heterocycles. The number of fused-ring (bicyclic) bond motifs is 1. The molecule has 1 fully saturated rings. The number of nitrogens with zero attached hydrogens (tertiary/aromatic N) is 3. The standard InChI is InChI=1S/C24H20FN3O2S/c25-18-8-6-17(7-9-18)23(29)30-20-10-11-21-22(16-20)31-24(26-21)28-14-12-27(13-15-28)19-4-2-1-3-5-19/h1-11,16H,12-15H2. The molecule has 0 N–H and O–H groups in total. The first-order chi connectivity index (χ1) is 15.2. The minimum atomic E-state index is -0.513. The Labute approximate surface area is 183 Å². The molecular weight excluding hydrogens is 413 g/mol. The molecule has 0 bridgehead atoms. The fourth-order valence-electron chi connectivity index (χ4n) is 3.64. The molecule has 0 radical (unpaired) electrons. The highest BCUT2D eigenvalue weighted by Gasteiger charge is 2.20. The molecule has 1 aromatic heterocycles. The largest absolute Gasteiger partial charge is 0.423 e. The summed E-state index contributed by atoms with van der Waals surface area (Å²) >= 11 is 1.60. The summed E-state index contributed by atoms with van der Waals surface area (Å²) in [6.45, 7) is 3.70. The number of benzene rings is 3. The summed E-state index contributed by atoms with van der Waals surface area (Å²) in [6.07, 6.45) is 0. The number of hydrogen-bond donors (Lipinski definition) is 0. The Balaban J connectivity index is 1.27. The van der Waals surface area contributed by atoms with Gasteiger partial charge < -0.3 is 14.5 Å². The van der Waals surface area contributed by atoms with Crippen LogP contribution in [0, 0.1) is 5.82 Å². The quantitative estimate of drug-likeness (QED) is 0.336. The minimum absolute atomic E-state index is 0.308. The molecule has 31 heavy (non-hydrogen) atoms. The van der Waals surface area contributed by atoms with E-state index in [1.807, 2.05) is 18.2 Å². The van der Waals surface area contributed by atoms with E-state index in [1.165, 1.54) is 30.0 Å². The van der Waals surface area contributed by atoms with E-state index < -0.39 is 5.97 Å². The van der Waals surface area contributed by atoms with Gasteiger partial charge in [0.2, 0.25) is 0 Å². The van der Waals surface area contributed by atoms with Crippen LogP contribution in [0.5, 0.6) is 5.75 Å². The lowest BCUT2D eigenvalue weighted by atomic mass is 10.2. The van der Waals surface area contributed by atoms with Gasteiger partial charge in [0.25, 0.3) is 0 Å². The van der Waals surface area contributed by atoms with Gasteiger partial charge >= 0.3 is 5.97 Å². The summed E-state index contributed by atoms with van der Waals surface area (Å²) in [6, 6.07) is 21.2. The molecule has 5 rings (SSSR count). The van der Waals surface area contributed by atoms with E-state index >= 15 is 0 Å². The average Bonchev–Trinajstić information content (AvgIpc) is 3.24. The molecule has 5 nitrogen and oxygen atoms in total. The molecule has 156 valence electrons. The molecule has 4 aromatic rings. The number of carbonyl (C=O) groups is 1. The van der Waals surface area contributed by atoms with Crippen molar-refractivity contribution in [3.05, 3.63) is 84.2 Å². The second-order valence-corrected chi connectivity index (χ2v) is 8.34. The number of halogens is 1. The summed E-state index contributed by atoms with van der Waals surface area (Å²) in [7, 11) is 0. The zero-order valence-corrected chi connectivity index (χ0v) is 17.5. The number of thiazole rings is 1. The summed E-state index contributed by atoms with van der Waals surface area (Å²) in [4.78, 5) is 21.7. The van der Waals surface area contributed by atoms with Crippen LogP contribution in [0.4, 0.5) is 15.2 Å². The first kappa shape index (κ1) is 19.5. The summed E-state index contributed by atoms with van der Waals surface area (Å²) in [5, 5.41) is 0.977. The number of carbonyl (C=O) groups excluding carboxylic acids is 1. The smallest absolute Gasteiger partial charge is 0.343 e. The average molecular weight is 434 g/mol. The van der Waals surface area contributed by atoms with Gasteiger partial charge in [-0.1, -0.05) is 29.5 Å². The van der Waals surface area contributed by atoms with Crippen molar-refractivity contribution in [2.24, 2.45) is 0 Å². The second-order valence-electron chi connectivity index (χ2n) is 7.33. The number of rotatable bonds is 4. The van der Waals surface area contributed by atoms with Gasteiger partial charge in [-0.3, -0.25) is 0 Å². The van der Waals surface area contributed by atoms with Gasteiger partial charge in [0, 0.05) is 37.9 Å². The molecule has 0 atom stereocenters. The number of aromatic nitrogens is 1. The van der Waals surface area contributed by atoms with Gasteiger partial charge in [-0.15, -0.1) is 0 Å². The highest BCUT2D eigenvalue weighted by atomic mass is 32.1. The zero-order valence-electron chi connectivity index (χ0n) is 16.7. The van der Waals surface area contributed by atoms with Gasteiger partial charge in [-0.2, -0.15) is 0 Å². The monoisotopic (exact) mass is 433 g/mol. The number of para-hydroxylation sites is 1. The SMILES string of the molecule is O=C(Oc1ccc2nc(N3CCN(c4ccccc4)CC3)sc2c1)c1ccc(F)cc1. The van der Waals surface area contributed by atoms with Gasteiger partial charge in [-0.25, -0.2) is 14.2 Å². The number of anilines is 2. The topological polar surface area (TPSA) is 45.7 Å². The Morgan fingerprint density at radius 3 is 2.35 bits per heavy atom. The van der Waals surface area contributed by atoms with Gasteiger partial charge in [0.15, 0.2) is 5.13 Å². The van der Waals surface area contributed by atoms with E-state index in [-0.39, 0.29) is 5.82 Å². The van der Waals surface area contributed by atoms with Gasteiger partial charge in [-0.05, 0) is 48.5 Å². The predicted molar refractivity (Wildman–Crippen MR) is 122 cm³/mol. The molecule has 0 unspecified atom stereocenters. The van der Waals surface area contributed by atoms with Crippen molar-refractivity contribution < 1.29 is 13.9 Å². The molecule has 1 saturated heterocycles. The van der Waals surface area contributed by atoms with E-state index in [4.69, 9.17) is 9.72 Å². The minimum Gasteiger partial charge on any atom is -0.423 e. The lowest BCUT2D eigenvalue weighted by Crippen LogP contribution is -2.46. The van der Waals surface area contributed by atoms with Gasteiger partial charge in [0.1, 0.15) is 11.6 Å². The predicted octanol–water partition coefficient (Wildman–Crippen LogP) is 4.98. The maximum absolute atomic E-state index is 13.1. The Morgan fingerprint density at radius 1 is 0.903 bits per heavy atom. The van der Waals surface area contributed by atoms with E-state index in [1.54, 1.807) is 17.4 Å². The highest BCUT2D eigenvalue weighted by molar-refractivity contribution is 7.22. The molecule has 0 saturated carbocycles. The van der Waals surface area contributed by atoms with Crippen LogP contribution in [0.1, 0.15) is 10.4 Å². The lowest BCUT2D eigenvalue weighted by molar-refractivity contribution is 0.0735. The van der Waals surface area contributed by atoms with Crippen LogP contribution in [0.3, 0.4) is 0 Å². The summed E-state index contributed by atoms with van der Waals surface area (Å²) in [5.74, 6) is -0.452. The van der Waals surface area contributed by atoms with Crippen molar-refractivity contribution in [1.82, 2.24) is 4.98 Å². The third-order valence-corrected chi connectivity index (χ3v) is 6.39. The van der Waals surface area contributed by atoms with Crippen LogP contribution >= 0.6 is 11.3 Å². The van der Waals surface area contributed by atoms with Crippen molar-refractivity contribution in [3.63, 3.8) is 0 Å². The molecule has 1 aliphatic rings. The van der Waals surface area contributed by atoms with Crippen LogP contribution in [-0.2, 0) is 0 Å². The van der Waals surface area contributed by atoms with E-state index in [0.717, 1.165) is 41.5 Å². The first-order valence-electron chi connectivity index (χ1n) is 10.1. The van der Waals surface area contributed by atoms with Crippen molar-refractivity contribution in [3.8, 4) is 5.75 Å². The summed E-state index contributed by atoms with van der Waals surface area (Å²) in [5.41, 5.74) is 2.44. The zero-order chi connectivity index (χ0) is 21.2. The first-order valence-corrected chi connectivity index (χ1v) is 10.9. The van der Waals surface area contributed by atoms with Crippen LogP contribution in [-0.4, -0.2) is 37.1 Å². The van der Waals surface area contributed by atoms with Gasteiger partial charge in [0.05, 0.1) is 15.8 Å². The van der Waals surface area contributed by atoms with Crippen LogP contribution in [0.15, 0.2) is 72.8 Å². The number of piperazine rings is 1. The number of ether oxygens (including phenoxy) is 1.